The first-order chi connectivity index (χ1) is 7.91. The third-order valence-corrected chi connectivity index (χ3v) is 5.35. The Morgan fingerprint density at radius 3 is 2.29 bits per heavy atom. The Labute approximate surface area is 105 Å². The van der Waals surface area contributed by atoms with Gasteiger partial charge in [0.25, 0.3) is 10.2 Å². The molecule has 1 fully saturated rings. The van der Waals surface area contributed by atoms with E-state index in [4.69, 9.17) is 5.11 Å². The molecule has 0 saturated heterocycles. The summed E-state index contributed by atoms with van der Waals surface area (Å²) in [6, 6.07) is 0.152. The Bertz CT molecular complexity index is 326. The molecule has 17 heavy (non-hydrogen) atoms. The van der Waals surface area contributed by atoms with E-state index in [-0.39, 0.29) is 18.7 Å². The summed E-state index contributed by atoms with van der Waals surface area (Å²) in [6.45, 7) is 4.38. The normalized spacial score (nSPS) is 17.4. The topological polar surface area (TPSA) is 60.9 Å². The van der Waals surface area contributed by atoms with Gasteiger partial charge in [-0.3, -0.25) is 0 Å². The highest BCUT2D eigenvalue weighted by atomic mass is 32.2. The zero-order valence-electron chi connectivity index (χ0n) is 11.0. The fourth-order valence-corrected chi connectivity index (χ4v) is 3.47. The molecule has 0 spiro atoms. The number of aliphatic hydroxyl groups excluding tert-OH is 1. The highest BCUT2D eigenvalue weighted by molar-refractivity contribution is 7.86. The lowest BCUT2D eigenvalue weighted by Crippen LogP contribution is -2.46. The highest BCUT2D eigenvalue weighted by Gasteiger charge is 2.39. The van der Waals surface area contributed by atoms with Crippen LogP contribution in [0.1, 0.15) is 39.5 Å². The van der Waals surface area contributed by atoms with Crippen LogP contribution >= 0.6 is 0 Å². The maximum atomic E-state index is 12.3. The summed E-state index contributed by atoms with van der Waals surface area (Å²) in [6.07, 6.45) is 3.30. The lowest BCUT2D eigenvalue weighted by molar-refractivity contribution is 0.270. The molecule has 0 aromatic rings. The van der Waals surface area contributed by atoms with E-state index in [0.717, 1.165) is 19.3 Å². The standard InChI is InChI=1S/C11H24N2O3S/c1-10(2)12(3)17(15,16)13(11-6-7-11)8-4-5-9-14/h10-11,14H,4-9H2,1-3H3. The van der Waals surface area contributed by atoms with Gasteiger partial charge in [-0.15, -0.1) is 0 Å². The first-order valence-electron chi connectivity index (χ1n) is 6.27. The molecule has 0 aliphatic heterocycles. The predicted octanol–water partition coefficient (Wildman–Crippen LogP) is 0.808. The second-order valence-corrected chi connectivity index (χ2v) is 6.83. The van der Waals surface area contributed by atoms with Crippen LogP contribution in [0.3, 0.4) is 0 Å². The molecule has 0 heterocycles. The molecule has 0 bridgehead atoms. The largest absolute Gasteiger partial charge is 0.396 e. The zero-order chi connectivity index (χ0) is 13.1. The van der Waals surface area contributed by atoms with E-state index in [9.17, 15) is 8.42 Å². The van der Waals surface area contributed by atoms with E-state index >= 15 is 0 Å². The van der Waals surface area contributed by atoms with Crippen molar-refractivity contribution < 1.29 is 13.5 Å². The van der Waals surface area contributed by atoms with Crippen LogP contribution in [0.5, 0.6) is 0 Å². The van der Waals surface area contributed by atoms with Crippen molar-refractivity contribution in [1.29, 1.82) is 0 Å². The van der Waals surface area contributed by atoms with Crippen LogP contribution in [-0.4, -0.2) is 54.4 Å². The Balaban J connectivity index is 2.68. The molecule has 1 saturated carbocycles. The van der Waals surface area contributed by atoms with Crippen LogP contribution in [0.15, 0.2) is 0 Å². The van der Waals surface area contributed by atoms with E-state index in [1.54, 1.807) is 11.4 Å². The average Bonchev–Trinajstić information content (AvgIpc) is 3.06. The molecule has 0 atom stereocenters. The molecule has 6 heteroatoms. The smallest absolute Gasteiger partial charge is 0.282 e. The van der Waals surface area contributed by atoms with Gasteiger partial charge in [-0.05, 0) is 39.5 Å². The molecule has 0 aromatic heterocycles. The Morgan fingerprint density at radius 2 is 1.88 bits per heavy atom. The van der Waals surface area contributed by atoms with Crippen molar-refractivity contribution in [3.05, 3.63) is 0 Å². The minimum atomic E-state index is -3.33. The number of hydrogen-bond donors (Lipinski definition) is 1. The molecule has 0 aromatic carbocycles. The summed E-state index contributed by atoms with van der Waals surface area (Å²) in [5, 5.41) is 8.76. The molecule has 1 rings (SSSR count). The van der Waals surface area contributed by atoms with Crippen LogP contribution in [0.4, 0.5) is 0 Å². The SMILES string of the molecule is CC(C)N(C)S(=O)(=O)N(CCCCO)C1CC1. The third-order valence-electron chi connectivity index (χ3n) is 3.13. The Morgan fingerprint density at radius 1 is 1.29 bits per heavy atom. The fourth-order valence-electron chi connectivity index (χ4n) is 1.66. The number of rotatable bonds is 8. The number of nitrogens with zero attached hydrogens (tertiary/aromatic N) is 2. The van der Waals surface area contributed by atoms with Gasteiger partial charge in [0, 0.05) is 32.3 Å². The van der Waals surface area contributed by atoms with Crippen molar-refractivity contribution in [3.8, 4) is 0 Å². The van der Waals surface area contributed by atoms with Crippen LogP contribution in [0, 0.1) is 0 Å². The zero-order valence-corrected chi connectivity index (χ0v) is 11.8. The molecule has 1 aliphatic carbocycles. The van der Waals surface area contributed by atoms with Gasteiger partial charge < -0.3 is 5.11 Å². The van der Waals surface area contributed by atoms with Crippen molar-refractivity contribution in [2.24, 2.45) is 0 Å². The predicted molar refractivity (Wildman–Crippen MR) is 67.9 cm³/mol. The molecule has 1 N–H and O–H groups in total. The minimum Gasteiger partial charge on any atom is -0.396 e. The van der Waals surface area contributed by atoms with Gasteiger partial charge in [0.1, 0.15) is 0 Å². The number of aliphatic hydroxyl groups is 1. The van der Waals surface area contributed by atoms with Crippen molar-refractivity contribution in [1.82, 2.24) is 8.61 Å². The summed E-state index contributed by atoms with van der Waals surface area (Å²) in [4.78, 5) is 0. The quantitative estimate of drug-likeness (QED) is 0.660. The van der Waals surface area contributed by atoms with Crippen LogP contribution in [-0.2, 0) is 10.2 Å². The second-order valence-electron chi connectivity index (χ2n) is 4.89. The molecule has 0 amide bonds. The Hall–Kier alpha value is -0.170. The molecule has 102 valence electrons. The van der Waals surface area contributed by atoms with E-state index in [1.165, 1.54) is 4.31 Å². The van der Waals surface area contributed by atoms with Gasteiger partial charge in [0.15, 0.2) is 0 Å². The number of hydrogen-bond acceptors (Lipinski definition) is 3. The molecule has 1 aliphatic rings. The maximum absolute atomic E-state index is 12.3. The van der Waals surface area contributed by atoms with E-state index < -0.39 is 10.2 Å². The second kappa shape index (κ2) is 6.13. The van der Waals surface area contributed by atoms with Crippen molar-refractivity contribution in [2.75, 3.05) is 20.2 Å². The lowest BCUT2D eigenvalue weighted by atomic mass is 10.3. The fraction of sp³-hybridized carbons (Fsp3) is 1.00. The van der Waals surface area contributed by atoms with E-state index in [1.807, 2.05) is 13.8 Å². The first kappa shape index (κ1) is 14.9. The summed E-state index contributed by atoms with van der Waals surface area (Å²) < 4.78 is 27.7. The molecule has 0 unspecified atom stereocenters. The van der Waals surface area contributed by atoms with Gasteiger partial charge >= 0.3 is 0 Å². The molecular formula is C11H24N2O3S. The highest BCUT2D eigenvalue weighted by Crippen LogP contribution is 2.30. The summed E-state index contributed by atoms with van der Waals surface area (Å²) >= 11 is 0. The Kier molecular flexibility index (Phi) is 5.37. The van der Waals surface area contributed by atoms with Crippen molar-refractivity contribution in [2.45, 2.75) is 51.6 Å². The molecular weight excluding hydrogens is 240 g/mol. The van der Waals surface area contributed by atoms with Crippen molar-refractivity contribution >= 4 is 10.2 Å². The summed E-state index contributed by atoms with van der Waals surface area (Å²) in [5.41, 5.74) is 0. The van der Waals surface area contributed by atoms with Gasteiger partial charge in [0.2, 0.25) is 0 Å². The molecule has 5 nitrogen and oxygen atoms in total. The van der Waals surface area contributed by atoms with Gasteiger partial charge in [-0.2, -0.15) is 17.0 Å². The van der Waals surface area contributed by atoms with Crippen LogP contribution in [0.2, 0.25) is 0 Å². The van der Waals surface area contributed by atoms with E-state index in [0.29, 0.717) is 13.0 Å². The lowest BCUT2D eigenvalue weighted by Gasteiger charge is -2.29. The monoisotopic (exact) mass is 264 g/mol. The van der Waals surface area contributed by atoms with Gasteiger partial charge in [-0.1, -0.05) is 0 Å². The first-order valence-corrected chi connectivity index (χ1v) is 7.66. The maximum Gasteiger partial charge on any atom is 0.282 e. The van der Waals surface area contributed by atoms with Crippen LogP contribution in [0.25, 0.3) is 0 Å². The van der Waals surface area contributed by atoms with Gasteiger partial charge in [0.05, 0.1) is 0 Å². The van der Waals surface area contributed by atoms with Crippen molar-refractivity contribution in [3.63, 3.8) is 0 Å². The van der Waals surface area contributed by atoms with Crippen LogP contribution < -0.4 is 0 Å². The summed E-state index contributed by atoms with van der Waals surface area (Å²) in [7, 11) is -1.71. The molecule has 0 radical (unpaired) electrons. The summed E-state index contributed by atoms with van der Waals surface area (Å²) in [5.74, 6) is 0. The average molecular weight is 264 g/mol. The van der Waals surface area contributed by atoms with Gasteiger partial charge in [-0.25, -0.2) is 0 Å². The third kappa shape index (κ3) is 3.91. The van der Waals surface area contributed by atoms with E-state index in [2.05, 4.69) is 0 Å². The minimum absolute atomic E-state index is 0.0286. The number of unbranched alkanes of at least 4 members (excludes halogenated alkanes) is 1.